The highest BCUT2D eigenvalue weighted by Gasteiger charge is 2.19. The molecule has 0 saturated heterocycles. The average molecular weight is 312 g/mol. The number of carbonyl (C=O) groups excluding carboxylic acids is 2. The monoisotopic (exact) mass is 312 g/mol. The Balaban J connectivity index is 3.14. The van der Waals surface area contributed by atoms with Crippen LogP contribution in [0.4, 0.5) is 5.95 Å². The van der Waals surface area contributed by atoms with E-state index in [1.807, 2.05) is 0 Å². The zero-order chi connectivity index (χ0) is 16.0. The average Bonchev–Trinajstić information content (AvgIpc) is 2.45. The van der Waals surface area contributed by atoms with Crippen molar-refractivity contribution >= 4 is 35.1 Å². The fraction of sp³-hybridized carbons (Fsp3) is 0.417. The molecule has 0 atom stereocenters. The lowest BCUT2D eigenvalue weighted by Gasteiger charge is -2.20. The second kappa shape index (κ2) is 7.48. The van der Waals surface area contributed by atoms with Crippen molar-refractivity contribution in [2.75, 3.05) is 32.2 Å². The first-order valence-corrected chi connectivity index (χ1v) is 6.32. The molecular weight excluding hydrogens is 296 g/mol. The van der Waals surface area contributed by atoms with E-state index in [0.717, 1.165) is 0 Å². The Bertz CT molecular complexity index is 546. The number of anilines is 1. The molecule has 1 heterocycles. The van der Waals surface area contributed by atoms with Crippen molar-refractivity contribution in [2.24, 2.45) is 5.73 Å². The first-order chi connectivity index (χ1) is 9.87. The Morgan fingerprint density at radius 2 is 1.76 bits per heavy atom. The smallest absolute Gasteiger partial charge is 0.325 e. The van der Waals surface area contributed by atoms with Gasteiger partial charge in [0.05, 0.1) is 14.2 Å². The number of aromatic nitrogens is 2. The van der Waals surface area contributed by atoms with E-state index in [1.165, 1.54) is 19.1 Å². The highest BCUT2D eigenvalue weighted by molar-refractivity contribution is 7.80. The number of aryl methyl sites for hydroxylation is 1. The van der Waals surface area contributed by atoms with Gasteiger partial charge in [0.15, 0.2) is 0 Å². The van der Waals surface area contributed by atoms with Crippen LogP contribution < -0.4 is 10.6 Å². The van der Waals surface area contributed by atoms with Crippen molar-refractivity contribution in [3.05, 3.63) is 17.5 Å². The summed E-state index contributed by atoms with van der Waals surface area (Å²) in [6.07, 6.45) is 0. The number of hydrogen-bond acceptors (Lipinski definition) is 8. The molecule has 0 aliphatic heterocycles. The topological polar surface area (TPSA) is 108 Å². The highest BCUT2D eigenvalue weighted by atomic mass is 32.1. The number of esters is 2. The normalized spacial score (nSPS) is 9.86. The summed E-state index contributed by atoms with van der Waals surface area (Å²) in [4.78, 5) is 32.6. The summed E-state index contributed by atoms with van der Waals surface area (Å²) in [7, 11) is 2.49. The third kappa shape index (κ3) is 4.95. The number of ether oxygens (including phenoxy) is 2. The zero-order valence-electron chi connectivity index (χ0n) is 12.0. The second-order valence-electron chi connectivity index (χ2n) is 4.07. The molecule has 1 aromatic heterocycles. The fourth-order valence-electron chi connectivity index (χ4n) is 1.46. The molecule has 0 aliphatic carbocycles. The summed E-state index contributed by atoms with van der Waals surface area (Å²) in [6.45, 7) is 1.32. The van der Waals surface area contributed by atoms with Crippen molar-refractivity contribution in [2.45, 2.75) is 6.92 Å². The molecular formula is C12H16N4O4S. The van der Waals surface area contributed by atoms with Gasteiger partial charge in [-0.3, -0.25) is 9.59 Å². The van der Waals surface area contributed by atoms with Crippen molar-refractivity contribution in [1.29, 1.82) is 0 Å². The maximum Gasteiger partial charge on any atom is 0.325 e. The molecule has 0 bridgehead atoms. The minimum Gasteiger partial charge on any atom is -0.468 e. The second-order valence-corrected chi connectivity index (χ2v) is 4.51. The number of carbonyl (C=O) groups is 2. The van der Waals surface area contributed by atoms with Gasteiger partial charge >= 0.3 is 11.9 Å². The van der Waals surface area contributed by atoms with E-state index in [-0.39, 0.29) is 24.0 Å². The molecule has 0 radical (unpaired) electrons. The van der Waals surface area contributed by atoms with Crippen molar-refractivity contribution in [3.8, 4) is 0 Å². The number of nitrogens with zero attached hydrogens (tertiary/aromatic N) is 3. The Morgan fingerprint density at radius 1 is 1.24 bits per heavy atom. The summed E-state index contributed by atoms with van der Waals surface area (Å²) >= 11 is 4.87. The molecule has 0 aliphatic rings. The van der Waals surface area contributed by atoms with Gasteiger partial charge in [0.2, 0.25) is 5.95 Å². The van der Waals surface area contributed by atoms with E-state index in [1.54, 1.807) is 13.0 Å². The van der Waals surface area contributed by atoms with Crippen LogP contribution in [0, 0.1) is 6.92 Å². The maximum atomic E-state index is 11.4. The standard InChI is InChI=1S/C12H16N4O4S/c1-7-4-8(11(13)21)15-12(14-7)16(5-9(17)19-2)6-10(18)20-3/h4H,5-6H2,1-3H3,(H2,13,21). The third-order valence-electron chi connectivity index (χ3n) is 2.47. The van der Waals surface area contributed by atoms with Crippen LogP contribution >= 0.6 is 12.2 Å². The Kier molecular flexibility index (Phi) is 5.97. The zero-order valence-corrected chi connectivity index (χ0v) is 12.8. The molecule has 1 aromatic rings. The lowest BCUT2D eigenvalue weighted by Crippen LogP contribution is -2.37. The SMILES string of the molecule is COC(=O)CN(CC(=O)OC)c1nc(C)cc(C(N)=S)n1. The molecule has 0 amide bonds. The van der Waals surface area contributed by atoms with Crippen LogP contribution in [0.1, 0.15) is 11.4 Å². The summed E-state index contributed by atoms with van der Waals surface area (Å²) in [6, 6.07) is 1.61. The van der Waals surface area contributed by atoms with E-state index in [0.29, 0.717) is 11.4 Å². The van der Waals surface area contributed by atoms with Crippen LogP contribution in [-0.4, -0.2) is 54.2 Å². The number of hydrogen-bond donors (Lipinski definition) is 1. The lowest BCUT2D eigenvalue weighted by atomic mass is 10.3. The number of thiocarbonyl (C=S) groups is 1. The first kappa shape index (κ1) is 16.8. The van der Waals surface area contributed by atoms with Gasteiger partial charge in [-0.1, -0.05) is 12.2 Å². The quantitative estimate of drug-likeness (QED) is 0.553. The van der Waals surface area contributed by atoms with Gasteiger partial charge in [0.25, 0.3) is 0 Å². The first-order valence-electron chi connectivity index (χ1n) is 5.91. The van der Waals surface area contributed by atoms with Crippen LogP contribution in [0.25, 0.3) is 0 Å². The third-order valence-corrected chi connectivity index (χ3v) is 2.68. The van der Waals surface area contributed by atoms with E-state index >= 15 is 0 Å². The van der Waals surface area contributed by atoms with Crippen LogP contribution in [0.5, 0.6) is 0 Å². The van der Waals surface area contributed by atoms with Crippen LogP contribution in [0.3, 0.4) is 0 Å². The molecule has 0 saturated carbocycles. The number of nitrogens with two attached hydrogens (primary N) is 1. The molecule has 0 aromatic carbocycles. The minimum absolute atomic E-state index is 0.0952. The number of methoxy groups -OCH3 is 2. The fourth-order valence-corrected chi connectivity index (χ4v) is 1.56. The van der Waals surface area contributed by atoms with E-state index in [9.17, 15) is 9.59 Å². The molecule has 8 nitrogen and oxygen atoms in total. The predicted molar refractivity (Wildman–Crippen MR) is 78.9 cm³/mol. The van der Waals surface area contributed by atoms with Gasteiger partial charge < -0.3 is 20.1 Å². The van der Waals surface area contributed by atoms with Crippen molar-refractivity contribution in [1.82, 2.24) is 9.97 Å². The molecule has 21 heavy (non-hydrogen) atoms. The van der Waals surface area contributed by atoms with Gasteiger partial charge in [0.1, 0.15) is 23.8 Å². The van der Waals surface area contributed by atoms with E-state index < -0.39 is 11.9 Å². The molecule has 1 rings (SSSR count). The minimum atomic E-state index is -0.541. The van der Waals surface area contributed by atoms with E-state index in [4.69, 9.17) is 18.0 Å². The molecule has 0 spiro atoms. The van der Waals surface area contributed by atoms with Crippen LogP contribution in [0.2, 0.25) is 0 Å². The van der Waals surface area contributed by atoms with Crippen molar-refractivity contribution < 1.29 is 19.1 Å². The van der Waals surface area contributed by atoms with Crippen LogP contribution in [-0.2, 0) is 19.1 Å². The van der Waals surface area contributed by atoms with Gasteiger partial charge in [-0.25, -0.2) is 9.97 Å². The Labute approximate surface area is 127 Å². The molecule has 0 unspecified atom stereocenters. The Hall–Kier alpha value is -2.29. The van der Waals surface area contributed by atoms with Gasteiger partial charge in [-0.2, -0.15) is 0 Å². The molecule has 2 N–H and O–H groups in total. The summed E-state index contributed by atoms with van der Waals surface area (Å²) in [5, 5.41) is 0. The highest BCUT2D eigenvalue weighted by Crippen LogP contribution is 2.11. The van der Waals surface area contributed by atoms with E-state index in [2.05, 4.69) is 19.4 Å². The number of rotatable bonds is 6. The summed E-state index contributed by atoms with van der Waals surface area (Å²) in [5.74, 6) is -0.935. The summed E-state index contributed by atoms with van der Waals surface area (Å²) < 4.78 is 9.17. The molecule has 9 heteroatoms. The Morgan fingerprint density at radius 3 is 2.19 bits per heavy atom. The summed E-state index contributed by atoms with van der Waals surface area (Å²) in [5.41, 5.74) is 6.50. The van der Waals surface area contributed by atoms with Gasteiger partial charge in [-0.15, -0.1) is 0 Å². The predicted octanol–water partition coefficient (Wildman–Crippen LogP) is -0.428. The molecule has 0 fully saturated rings. The largest absolute Gasteiger partial charge is 0.468 e. The van der Waals surface area contributed by atoms with Crippen molar-refractivity contribution in [3.63, 3.8) is 0 Å². The van der Waals surface area contributed by atoms with Gasteiger partial charge in [0, 0.05) is 5.69 Å². The van der Waals surface area contributed by atoms with Gasteiger partial charge in [-0.05, 0) is 13.0 Å². The lowest BCUT2D eigenvalue weighted by molar-refractivity contribution is -0.140. The maximum absolute atomic E-state index is 11.4. The van der Waals surface area contributed by atoms with Crippen LogP contribution in [0.15, 0.2) is 6.07 Å². The molecule has 114 valence electrons.